The predicted octanol–water partition coefficient (Wildman–Crippen LogP) is 1.79. The molecule has 1 aliphatic heterocycles. The number of amides is 1. The molecule has 19 heavy (non-hydrogen) atoms. The summed E-state index contributed by atoms with van der Waals surface area (Å²) < 4.78 is 5.64. The Morgan fingerprint density at radius 3 is 2.84 bits per heavy atom. The van der Waals surface area contributed by atoms with Crippen LogP contribution in [-0.2, 0) is 9.53 Å². The molecule has 1 atom stereocenters. The van der Waals surface area contributed by atoms with Crippen molar-refractivity contribution in [1.29, 1.82) is 0 Å². The Morgan fingerprint density at radius 2 is 2.11 bits per heavy atom. The Labute approximate surface area is 116 Å². The maximum absolute atomic E-state index is 12.2. The quantitative estimate of drug-likeness (QED) is 0.826. The zero-order chi connectivity index (χ0) is 13.5. The van der Waals surface area contributed by atoms with E-state index in [4.69, 9.17) is 4.74 Å². The van der Waals surface area contributed by atoms with Crippen LogP contribution in [-0.4, -0.2) is 50.2 Å². The van der Waals surface area contributed by atoms with Gasteiger partial charge in [-0.2, -0.15) is 0 Å². The minimum absolute atomic E-state index is 0.164. The van der Waals surface area contributed by atoms with Gasteiger partial charge in [-0.25, -0.2) is 0 Å². The topological polar surface area (TPSA) is 41.6 Å². The molecule has 0 bridgehead atoms. The fraction of sp³-hybridized carbons (Fsp3) is 0.933. The van der Waals surface area contributed by atoms with Crippen molar-refractivity contribution < 1.29 is 9.53 Å². The molecule has 0 aromatic heterocycles. The minimum atomic E-state index is 0.164. The average molecular weight is 268 g/mol. The molecule has 1 N–H and O–H groups in total. The number of likely N-dealkylation sites (N-methyl/N-ethyl adjacent to an activating group) is 1. The molecule has 1 saturated heterocycles. The zero-order valence-electron chi connectivity index (χ0n) is 12.2. The van der Waals surface area contributed by atoms with E-state index >= 15 is 0 Å². The summed E-state index contributed by atoms with van der Waals surface area (Å²) in [6.45, 7) is 3.03. The Balaban J connectivity index is 1.69. The Kier molecular flexibility index (Phi) is 6.11. The summed E-state index contributed by atoms with van der Waals surface area (Å²) >= 11 is 0. The predicted molar refractivity (Wildman–Crippen MR) is 76.1 cm³/mol. The average Bonchev–Trinajstić information content (AvgIpc) is 2.46. The van der Waals surface area contributed by atoms with Crippen molar-refractivity contribution in [2.45, 2.75) is 51.0 Å². The third-order valence-corrected chi connectivity index (χ3v) is 4.41. The molecule has 0 radical (unpaired) electrons. The number of hydrogen-bond acceptors (Lipinski definition) is 3. The number of nitrogens with zero attached hydrogens (tertiary/aromatic N) is 1. The van der Waals surface area contributed by atoms with Crippen LogP contribution < -0.4 is 5.32 Å². The number of hydrogen-bond donors (Lipinski definition) is 1. The largest absolute Gasteiger partial charge is 0.373 e. The van der Waals surface area contributed by atoms with Crippen LogP contribution in [0.5, 0.6) is 0 Å². The lowest BCUT2D eigenvalue weighted by atomic mass is 9.86. The van der Waals surface area contributed by atoms with Gasteiger partial charge in [0.05, 0.1) is 12.7 Å². The molecule has 0 aromatic carbocycles. The first-order chi connectivity index (χ1) is 9.29. The molecule has 2 fully saturated rings. The molecule has 2 rings (SSSR count). The lowest BCUT2D eigenvalue weighted by Crippen LogP contribution is -2.48. The molecule has 2 aliphatic rings. The van der Waals surface area contributed by atoms with Gasteiger partial charge in [0.25, 0.3) is 0 Å². The summed E-state index contributed by atoms with van der Waals surface area (Å²) in [7, 11) is 1.92. The molecule has 0 aromatic rings. The van der Waals surface area contributed by atoms with E-state index in [0.717, 1.165) is 38.4 Å². The number of nitrogens with one attached hydrogen (secondary N) is 1. The van der Waals surface area contributed by atoms with Gasteiger partial charge in [0.1, 0.15) is 0 Å². The van der Waals surface area contributed by atoms with Crippen LogP contribution in [0, 0.1) is 5.92 Å². The highest BCUT2D eigenvalue weighted by molar-refractivity contribution is 5.76. The Morgan fingerprint density at radius 1 is 1.32 bits per heavy atom. The highest BCUT2D eigenvalue weighted by Gasteiger charge is 2.24. The molecule has 4 nitrogen and oxygen atoms in total. The number of carbonyl (C=O) groups excluding carboxylic acids is 1. The van der Waals surface area contributed by atoms with Gasteiger partial charge in [0.2, 0.25) is 5.91 Å². The molecule has 1 unspecified atom stereocenters. The summed E-state index contributed by atoms with van der Waals surface area (Å²) in [6.07, 6.45) is 8.76. The standard InChI is InChI=1S/C15H28N2O2/c1-16-11-14-12-17(9-10-19-14)15(18)8-7-13-5-3-2-4-6-13/h13-14,16H,2-12H2,1H3. The molecule has 110 valence electrons. The normalized spacial score (nSPS) is 25.5. The monoisotopic (exact) mass is 268 g/mol. The smallest absolute Gasteiger partial charge is 0.222 e. The van der Waals surface area contributed by atoms with E-state index in [9.17, 15) is 4.79 Å². The molecule has 1 heterocycles. The Bertz CT molecular complexity index is 275. The molecular weight excluding hydrogens is 240 g/mol. The lowest BCUT2D eigenvalue weighted by molar-refractivity contribution is -0.138. The van der Waals surface area contributed by atoms with E-state index in [2.05, 4.69) is 5.32 Å². The first-order valence-corrected chi connectivity index (χ1v) is 7.83. The number of ether oxygens (including phenoxy) is 1. The van der Waals surface area contributed by atoms with Gasteiger partial charge in [-0.3, -0.25) is 4.79 Å². The van der Waals surface area contributed by atoms with Crippen LogP contribution >= 0.6 is 0 Å². The highest BCUT2D eigenvalue weighted by Crippen LogP contribution is 2.27. The molecule has 1 aliphatic carbocycles. The maximum atomic E-state index is 12.2. The van der Waals surface area contributed by atoms with Crippen molar-refractivity contribution in [3.63, 3.8) is 0 Å². The van der Waals surface area contributed by atoms with Gasteiger partial charge in [0.15, 0.2) is 0 Å². The second kappa shape index (κ2) is 7.85. The van der Waals surface area contributed by atoms with E-state index < -0.39 is 0 Å². The number of carbonyl (C=O) groups is 1. The summed E-state index contributed by atoms with van der Waals surface area (Å²) in [5.41, 5.74) is 0. The van der Waals surface area contributed by atoms with Crippen molar-refractivity contribution >= 4 is 5.91 Å². The summed E-state index contributed by atoms with van der Waals surface area (Å²) in [5, 5.41) is 3.12. The Hall–Kier alpha value is -0.610. The van der Waals surface area contributed by atoms with Crippen LogP contribution in [0.2, 0.25) is 0 Å². The van der Waals surface area contributed by atoms with Crippen LogP contribution in [0.25, 0.3) is 0 Å². The van der Waals surface area contributed by atoms with Crippen molar-refractivity contribution in [3.05, 3.63) is 0 Å². The molecule has 4 heteroatoms. The first kappa shape index (κ1) is 14.8. The van der Waals surface area contributed by atoms with Crippen molar-refractivity contribution in [1.82, 2.24) is 10.2 Å². The van der Waals surface area contributed by atoms with Gasteiger partial charge < -0.3 is 15.0 Å². The van der Waals surface area contributed by atoms with Crippen LogP contribution in [0.15, 0.2) is 0 Å². The number of morpholine rings is 1. The van der Waals surface area contributed by atoms with E-state index in [1.54, 1.807) is 0 Å². The zero-order valence-corrected chi connectivity index (χ0v) is 12.2. The van der Waals surface area contributed by atoms with E-state index in [1.165, 1.54) is 32.1 Å². The fourth-order valence-corrected chi connectivity index (χ4v) is 3.26. The molecule has 1 saturated carbocycles. The fourth-order valence-electron chi connectivity index (χ4n) is 3.26. The van der Waals surface area contributed by atoms with E-state index in [-0.39, 0.29) is 6.10 Å². The molecule has 0 spiro atoms. The van der Waals surface area contributed by atoms with Crippen molar-refractivity contribution in [2.24, 2.45) is 5.92 Å². The third kappa shape index (κ3) is 4.77. The van der Waals surface area contributed by atoms with Crippen LogP contribution in [0.1, 0.15) is 44.9 Å². The second-order valence-electron chi connectivity index (χ2n) is 5.93. The van der Waals surface area contributed by atoms with E-state index in [0.29, 0.717) is 12.5 Å². The highest BCUT2D eigenvalue weighted by atomic mass is 16.5. The van der Waals surface area contributed by atoms with Gasteiger partial charge >= 0.3 is 0 Å². The second-order valence-corrected chi connectivity index (χ2v) is 5.93. The SMILES string of the molecule is CNCC1CN(C(=O)CCC2CCCCC2)CCO1. The molecular formula is C15H28N2O2. The van der Waals surface area contributed by atoms with Crippen LogP contribution in [0.4, 0.5) is 0 Å². The third-order valence-electron chi connectivity index (χ3n) is 4.41. The summed E-state index contributed by atoms with van der Waals surface area (Å²) in [6, 6.07) is 0. The lowest BCUT2D eigenvalue weighted by Gasteiger charge is -2.33. The van der Waals surface area contributed by atoms with Gasteiger partial charge in [-0.05, 0) is 19.4 Å². The van der Waals surface area contributed by atoms with Crippen molar-refractivity contribution in [2.75, 3.05) is 33.3 Å². The van der Waals surface area contributed by atoms with E-state index in [1.807, 2.05) is 11.9 Å². The summed E-state index contributed by atoms with van der Waals surface area (Å²) in [5.74, 6) is 1.13. The minimum Gasteiger partial charge on any atom is -0.373 e. The maximum Gasteiger partial charge on any atom is 0.222 e. The van der Waals surface area contributed by atoms with Crippen molar-refractivity contribution in [3.8, 4) is 0 Å². The van der Waals surface area contributed by atoms with Gasteiger partial charge in [-0.1, -0.05) is 32.1 Å². The van der Waals surface area contributed by atoms with Gasteiger partial charge in [-0.15, -0.1) is 0 Å². The van der Waals surface area contributed by atoms with Crippen LogP contribution in [0.3, 0.4) is 0 Å². The first-order valence-electron chi connectivity index (χ1n) is 7.83. The number of rotatable bonds is 5. The summed E-state index contributed by atoms with van der Waals surface area (Å²) in [4.78, 5) is 14.2. The van der Waals surface area contributed by atoms with Gasteiger partial charge in [0, 0.05) is 26.1 Å². The molecule has 1 amide bonds.